The van der Waals surface area contributed by atoms with Crippen molar-refractivity contribution < 1.29 is 17.6 Å². The van der Waals surface area contributed by atoms with Crippen molar-refractivity contribution in [1.29, 1.82) is 0 Å². The Hall–Kier alpha value is -2.85. The first kappa shape index (κ1) is 19.9. The molecule has 0 aliphatic rings. The van der Waals surface area contributed by atoms with Crippen LogP contribution < -0.4 is 10.0 Å². The van der Waals surface area contributed by atoms with E-state index in [1.54, 1.807) is 23.8 Å². The molecule has 10 heteroatoms. The Morgan fingerprint density at radius 1 is 1.25 bits per heavy atom. The summed E-state index contributed by atoms with van der Waals surface area (Å²) in [5.74, 6) is -1.26. The van der Waals surface area contributed by atoms with Gasteiger partial charge in [-0.25, -0.2) is 17.8 Å². The number of carbonyl (C=O) groups is 1. The topological polar surface area (TPSA) is 101 Å². The molecule has 0 fully saturated rings. The Kier molecular flexibility index (Phi) is 5.71. The quantitative estimate of drug-likeness (QED) is 0.633. The smallest absolute Gasteiger partial charge is 0.259 e. The molecule has 0 saturated carbocycles. The molecule has 1 amide bonds. The van der Waals surface area contributed by atoms with Gasteiger partial charge in [0.05, 0.1) is 22.2 Å². The predicted octanol–water partition coefficient (Wildman–Crippen LogP) is 3.75. The number of rotatable bonds is 6. The van der Waals surface area contributed by atoms with Crippen LogP contribution in [-0.2, 0) is 10.0 Å². The van der Waals surface area contributed by atoms with E-state index in [1.165, 1.54) is 31.3 Å². The summed E-state index contributed by atoms with van der Waals surface area (Å²) in [4.78, 5) is 21.0. The SMILES string of the molecule is CC(C)S(=O)(=O)Nc1cc(F)ccc1C(=O)Nc1nc(-c2cccnc2)cs1. The van der Waals surface area contributed by atoms with Crippen molar-refractivity contribution in [1.82, 2.24) is 9.97 Å². The number of benzene rings is 1. The maximum Gasteiger partial charge on any atom is 0.259 e. The van der Waals surface area contributed by atoms with E-state index in [9.17, 15) is 17.6 Å². The highest BCUT2D eigenvalue weighted by molar-refractivity contribution is 7.93. The Morgan fingerprint density at radius 2 is 2.04 bits per heavy atom. The first-order chi connectivity index (χ1) is 13.3. The van der Waals surface area contributed by atoms with Crippen LogP contribution in [0.3, 0.4) is 0 Å². The molecule has 1 aromatic carbocycles. The maximum absolute atomic E-state index is 13.6. The Morgan fingerprint density at radius 3 is 2.71 bits per heavy atom. The molecule has 0 aliphatic carbocycles. The Labute approximate surface area is 165 Å². The average molecular weight is 420 g/mol. The minimum absolute atomic E-state index is 0.0104. The number of pyridine rings is 1. The second kappa shape index (κ2) is 8.03. The van der Waals surface area contributed by atoms with Crippen LogP contribution in [0.2, 0.25) is 0 Å². The number of sulfonamides is 1. The van der Waals surface area contributed by atoms with Gasteiger partial charge in [0, 0.05) is 23.3 Å². The van der Waals surface area contributed by atoms with Crippen molar-refractivity contribution in [2.45, 2.75) is 19.1 Å². The third-order valence-electron chi connectivity index (χ3n) is 3.78. The molecule has 2 aromatic heterocycles. The number of carbonyl (C=O) groups excluding carboxylic acids is 1. The van der Waals surface area contributed by atoms with Gasteiger partial charge >= 0.3 is 0 Å². The van der Waals surface area contributed by atoms with Gasteiger partial charge < -0.3 is 0 Å². The average Bonchev–Trinajstić information content (AvgIpc) is 3.10. The van der Waals surface area contributed by atoms with E-state index in [1.807, 2.05) is 6.07 Å². The second-order valence-electron chi connectivity index (χ2n) is 6.12. The minimum atomic E-state index is -3.75. The summed E-state index contributed by atoms with van der Waals surface area (Å²) < 4.78 is 40.1. The van der Waals surface area contributed by atoms with Crippen LogP contribution in [0.4, 0.5) is 15.2 Å². The van der Waals surface area contributed by atoms with Gasteiger partial charge in [0.25, 0.3) is 5.91 Å². The van der Waals surface area contributed by atoms with Gasteiger partial charge in [-0.1, -0.05) is 0 Å². The molecule has 0 atom stereocenters. The fourth-order valence-electron chi connectivity index (χ4n) is 2.21. The molecule has 3 rings (SSSR count). The number of hydrogen-bond donors (Lipinski definition) is 2. The summed E-state index contributed by atoms with van der Waals surface area (Å²) in [5.41, 5.74) is 1.30. The molecule has 3 aromatic rings. The zero-order valence-electron chi connectivity index (χ0n) is 15.0. The molecule has 0 bridgehead atoms. The lowest BCUT2D eigenvalue weighted by Crippen LogP contribution is -2.24. The van der Waals surface area contributed by atoms with Crippen LogP contribution in [0.25, 0.3) is 11.3 Å². The van der Waals surface area contributed by atoms with E-state index in [2.05, 4.69) is 20.0 Å². The molecule has 0 radical (unpaired) electrons. The fourth-order valence-corrected chi connectivity index (χ4v) is 3.64. The first-order valence-corrected chi connectivity index (χ1v) is 10.7. The highest BCUT2D eigenvalue weighted by atomic mass is 32.2. The lowest BCUT2D eigenvalue weighted by Gasteiger charge is -2.14. The standard InChI is InChI=1S/C18H17FN4O3S2/c1-11(2)28(25,26)23-15-8-13(19)5-6-14(15)17(24)22-18-21-16(10-27-18)12-4-3-7-20-9-12/h3-11,23H,1-2H3,(H,21,22,24). The van der Waals surface area contributed by atoms with Crippen LogP contribution in [0.5, 0.6) is 0 Å². The van der Waals surface area contributed by atoms with Gasteiger partial charge in [-0.2, -0.15) is 0 Å². The van der Waals surface area contributed by atoms with Gasteiger partial charge in [0.1, 0.15) is 5.82 Å². The molecular weight excluding hydrogens is 403 g/mol. The number of aromatic nitrogens is 2. The normalized spacial score (nSPS) is 11.4. The number of halogens is 1. The van der Waals surface area contributed by atoms with Crippen LogP contribution in [-0.4, -0.2) is 29.5 Å². The molecular formula is C18H17FN4O3S2. The van der Waals surface area contributed by atoms with E-state index in [0.717, 1.165) is 17.7 Å². The second-order valence-corrected chi connectivity index (χ2v) is 9.21. The summed E-state index contributed by atoms with van der Waals surface area (Å²) in [6.45, 7) is 2.97. The monoisotopic (exact) mass is 420 g/mol. The molecule has 146 valence electrons. The fraction of sp³-hybridized carbons (Fsp3) is 0.167. The molecule has 0 spiro atoms. The third-order valence-corrected chi connectivity index (χ3v) is 6.28. The molecule has 0 saturated heterocycles. The van der Waals surface area contributed by atoms with Crippen LogP contribution in [0.1, 0.15) is 24.2 Å². The molecule has 7 nitrogen and oxygen atoms in total. The van der Waals surface area contributed by atoms with Gasteiger partial charge in [0.2, 0.25) is 10.0 Å². The first-order valence-electron chi connectivity index (χ1n) is 8.25. The van der Waals surface area contributed by atoms with Gasteiger partial charge in [-0.05, 0) is 44.2 Å². The van der Waals surface area contributed by atoms with Crippen molar-refractivity contribution >= 4 is 38.1 Å². The zero-order chi connectivity index (χ0) is 20.3. The summed E-state index contributed by atoms with van der Waals surface area (Å²) in [6.07, 6.45) is 3.30. The number of thiazole rings is 1. The summed E-state index contributed by atoms with van der Waals surface area (Å²) in [6, 6.07) is 6.90. The van der Waals surface area contributed by atoms with Crippen molar-refractivity contribution in [3.05, 3.63) is 59.5 Å². The van der Waals surface area contributed by atoms with Crippen LogP contribution in [0.15, 0.2) is 48.1 Å². The van der Waals surface area contributed by atoms with E-state index >= 15 is 0 Å². The van der Waals surface area contributed by atoms with Gasteiger partial charge in [-0.3, -0.25) is 19.8 Å². The summed E-state index contributed by atoms with van der Waals surface area (Å²) >= 11 is 1.21. The molecule has 2 heterocycles. The Balaban J connectivity index is 1.84. The van der Waals surface area contributed by atoms with Crippen LogP contribution in [0, 0.1) is 5.82 Å². The van der Waals surface area contributed by atoms with Crippen molar-refractivity contribution in [2.24, 2.45) is 0 Å². The molecule has 28 heavy (non-hydrogen) atoms. The summed E-state index contributed by atoms with van der Waals surface area (Å²) in [5, 5.41) is 3.96. The number of hydrogen-bond acceptors (Lipinski definition) is 6. The summed E-state index contributed by atoms with van der Waals surface area (Å²) in [7, 11) is -3.75. The van der Waals surface area contributed by atoms with E-state index in [-0.39, 0.29) is 11.3 Å². The molecule has 0 unspecified atom stereocenters. The lowest BCUT2D eigenvalue weighted by molar-refractivity contribution is 0.102. The molecule has 0 aliphatic heterocycles. The van der Waals surface area contributed by atoms with Gasteiger partial charge in [-0.15, -0.1) is 11.3 Å². The zero-order valence-corrected chi connectivity index (χ0v) is 16.6. The minimum Gasteiger partial charge on any atom is -0.298 e. The number of nitrogens with one attached hydrogen (secondary N) is 2. The van der Waals surface area contributed by atoms with Crippen molar-refractivity contribution in [3.8, 4) is 11.3 Å². The lowest BCUT2D eigenvalue weighted by atomic mass is 10.1. The largest absolute Gasteiger partial charge is 0.298 e. The Bertz CT molecular complexity index is 1100. The highest BCUT2D eigenvalue weighted by Crippen LogP contribution is 2.26. The van der Waals surface area contributed by atoms with Gasteiger partial charge in [0.15, 0.2) is 5.13 Å². The highest BCUT2D eigenvalue weighted by Gasteiger charge is 2.21. The van der Waals surface area contributed by atoms with E-state index < -0.39 is 27.0 Å². The molecule has 2 N–H and O–H groups in total. The predicted molar refractivity (Wildman–Crippen MR) is 107 cm³/mol. The maximum atomic E-state index is 13.6. The van der Waals surface area contributed by atoms with Crippen molar-refractivity contribution in [2.75, 3.05) is 10.0 Å². The number of amides is 1. The van der Waals surface area contributed by atoms with Crippen LogP contribution >= 0.6 is 11.3 Å². The van der Waals surface area contributed by atoms with E-state index in [0.29, 0.717) is 10.8 Å². The number of nitrogens with zero attached hydrogens (tertiary/aromatic N) is 2. The number of anilines is 2. The van der Waals surface area contributed by atoms with Crippen molar-refractivity contribution in [3.63, 3.8) is 0 Å². The van der Waals surface area contributed by atoms with E-state index in [4.69, 9.17) is 0 Å². The third kappa shape index (κ3) is 4.52.